The normalized spacial score (nSPS) is 13.8. The van der Waals surface area contributed by atoms with Gasteiger partial charge in [0, 0.05) is 5.69 Å². The van der Waals surface area contributed by atoms with E-state index in [0.29, 0.717) is 11.4 Å². The molecule has 0 atom stereocenters. The van der Waals surface area contributed by atoms with Gasteiger partial charge in [-0.3, -0.25) is 9.59 Å². The molecule has 0 spiro atoms. The van der Waals surface area contributed by atoms with Gasteiger partial charge in [0.05, 0.1) is 25.0 Å². The number of halogens is 1. The molecule has 0 saturated heterocycles. The summed E-state index contributed by atoms with van der Waals surface area (Å²) >= 11 is 6.12. The van der Waals surface area contributed by atoms with E-state index in [2.05, 4.69) is 5.32 Å². The van der Waals surface area contributed by atoms with Crippen LogP contribution in [0, 0.1) is 0 Å². The second kappa shape index (κ2) is 8.14. The lowest BCUT2D eigenvalue weighted by Gasteiger charge is -2.16. The summed E-state index contributed by atoms with van der Waals surface area (Å²) in [5, 5.41) is 2.63. The first-order valence-electron chi connectivity index (χ1n) is 8.43. The van der Waals surface area contributed by atoms with Crippen molar-refractivity contribution in [1.82, 2.24) is 0 Å². The highest BCUT2D eigenvalue weighted by atomic mass is 35.5. The summed E-state index contributed by atoms with van der Waals surface area (Å²) in [6.45, 7) is 1.91. The number of nitrogens with zero attached hydrogens (tertiary/aromatic N) is 1. The summed E-state index contributed by atoms with van der Waals surface area (Å²) in [5.74, 6) is -1.19. The Balaban J connectivity index is 1.86. The molecule has 1 aliphatic rings. The fourth-order valence-corrected chi connectivity index (χ4v) is 2.86. The van der Waals surface area contributed by atoms with Gasteiger partial charge in [-0.05, 0) is 49.4 Å². The molecule has 0 saturated carbocycles. The van der Waals surface area contributed by atoms with Crippen molar-refractivity contribution in [2.45, 2.75) is 6.92 Å². The number of amides is 2. The number of benzene rings is 2. The molecule has 1 heterocycles. The van der Waals surface area contributed by atoms with E-state index in [1.165, 1.54) is 12.1 Å². The molecule has 1 N–H and O–H groups in total. The highest BCUT2D eigenvalue weighted by Crippen LogP contribution is 2.31. The monoisotopic (exact) mass is 400 g/mol. The molecule has 0 aromatic heterocycles. The minimum atomic E-state index is -0.677. The minimum Gasteiger partial charge on any atom is -0.497 e. The fourth-order valence-electron chi connectivity index (χ4n) is 2.65. The van der Waals surface area contributed by atoms with Gasteiger partial charge in [-0.15, -0.1) is 0 Å². The molecular weight excluding hydrogens is 384 g/mol. The van der Waals surface area contributed by atoms with Gasteiger partial charge in [-0.1, -0.05) is 17.7 Å². The molecule has 0 unspecified atom stereocenters. The van der Waals surface area contributed by atoms with Crippen molar-refractivity contribution in [3.63, 3.8) is 0 Å². The third-order valence-corrected chi connectivity index (χ3v) is 4.35. The van der Waals surface area contributed by atoms with E-state index in [1.807, 2.05) is 0 Å². The first-order valence-corrected chi connectivity index (χ1v) is 8.81. The van der Waals surface area contributed by atoms with Gasteiger partial charge in [0.15, 0.2) is 0 Å². The summed E-state index contributed by atoms with van der Waals surface area (Å²) in [5.41, 5.74) is 0.980. The summed E-state index contributed by atoms with van der Waals surface area (Å²) in [7, 11) is 1.54. The number of esters is 1. The van der Waals surface area contributed by atoms with Crippen LogP contribution in [0.4, 0.5) is 11.4 Å². The van der Waals surface area contributed by atoms with Gasteiger partial charge in [-0.25, -0.2) is 9.69 Å². The molecule has 7 nitrogen and oxygen atoms in total. The van der Waals surface area contributed by atoms with Gasteiger partial charge >= 0.3 is 5.97 Å². The molecule has 2 aromatic rings. The number of hydrogen-bond acceptors (Lipinski definition) is 6. The van der Waals surface area contributed by atoms with E-state index in [4.69, 9.17) is 21.1 Å². The lowest BCUT2D eigenvalue weighted by molar-refractivity contribution is -0.120. The van der Waals surface area contributed by atoms with E-state index >= 15 is 0 Å². The van der Waals surface area contributed by atoms with Crippen LogP contribution in [0.1, 0.15) is 17.3 Å². The van der Waals surface area contributed by atoms with Crippen molar-refractivity contribution in [3.8, 4) is 5.75 Å². The molecule has 3 rings (SSSR count). The van der Waals surface area contributed by atoms with Crippen LogP contribution in [0.2, 0.25) is 0 Å². The van der Waals surface area contributed by atoms with Crippen molar-refractivity contribution >= 4 is 40.8 Å². The summed E-state index contributed by atoms with van der Waals surface area (Å²) in [6.07, 6.45) is 0. The van der Waals surface area contributed by atoms with Gasteiger partial charge in [0.1, 0.15) is 16.5 Å². The summed E-state index contributed by atoms with van der Waals surface area (Å²) < 4.78 is 10.0. The number of nitrogens with one attached hydrogen (secondary N) is 1. The van der Waals surface area contributed by atoms with E-state index in [-0.39, 0.29) is 28.6 Å². The molecule has 1 aliphatic heterocycles. The van der Waals surface area contributed by atoms with Crippen LogP contribution in [0.25, 0.3) is 0 Å². The maximum absolute atomic E-state index is 12.8. The second-order valence-electron chi connectivity index (χ2n) is 5.76. The van der Waals surface area contributed by atoms with E-state index in [1.54, 1.807) is 50.4 Å². The third kappa shape index (κ3) is 3.70. The van der Waals surface area contributed by atoms with Gasteiger partial charge < -0.3 is 14.8 Å². The Labute approximate surface area is 166 Å². The molecule has 0 aliphatic carbocycles. The Morgan fingerprint density at radius 1 is 1.11 bits per heavy atom. The average molecular weight is 401 g/mol. The van der Waals surface area contributed by atoms with Gasteiger partial charge in [-0.2, -0.15) is 0 Å². The van der Waals surface area contributed by atoms with Crippen LogP contribution in [0.5, 0.6) is 5.75 Å². The zero-order valence-corrected chi connectivity index (χ0v) is 15.9. The molecule has 0 fully saturated rings. The Morgan fingerprint density at radius 3 is 2.46 bits per heavy atom. The van der Waals surface area contributed by atoms with Crippen molar-refractivity contribution in [3.05, 3.63) is 64.8 Å². The number of carbonyl (C=O) groups is 3. The van der Waals surface area contributed by atoms with Crippen LogP contribution < -0.4 is 15.0 Å². The number of hydrogen-bond donors (Lipinski definition) is 1. The average Bonchev–Trinajstić information content (AvgIpc) is 2.92. The van der Waals surface area contributed by atoms with Crippen molar-refractivity contribution in [1.29, 1.82) is 0 Å². The van der Waals surface area contributed by atoms with Gasteiger partial charge in [0.2, 0.25) is 0 Å². The smallest absolute Gasteiger partial charge is 0.338 e. The Bertz CT molecular complexity index is 969. The van der Waals surface area contributed by atoms with Crippen molar-refractivity contribution in [2.75, 3.05) is 23.9 Å². The Hall–Kier alpha value is -3.32. The fraction of sp³-hybridized carbons (Fsp3) is 0.150. The Morgan fingerprint density at radius 2 is 1.82 bits per heavy atom. The zero-order valence-electron chi connectivity index (χ0n) is 15.2. The lowest BCUT2D eigenvalue weighted by atomic mass is 10.2. The van der Waals surface area contributed by atoms with E-state index < -0.39 is 17.8 Å². The number of imide groups is 1. The maximum Gasteiger partial charge on any atom is 0.338 e. The predicted octanol–water partition coefficient (Wildman–Crippen LogP) is 3.31. The van der Waals surface area contributed by atoms with Gasteiger partial charge in [0.25, 0.3) is 11.8 Å². The largest absolute Gasteiger partial charge is 0.497 e. The standard InChI is InChI=1S/C20H17ClN2O5/c1-3-28-20(26)12-5-4-6-14(11-12)23-18(24)16(21)17(19(23)25)22-13-7-9-15(27-2)10-8-13/h4-11,22H,3H2,1-2H3. The molecule has 2 amide bonds. The second-order valence-corrected chi connectivity index (χ2v) is 6.14. The SMILES string of the molecule is CCOC(=O)c1cccc(N2C(=O)C(Cl)=C(Nc3ccc(OC)cc3)C2=O)c1. The van der Waals surface area contributed by atoms with Crippen LogP contribution in [0.3, 0.4) is 0 Å². The Kier molecular flexibility index (Phi) is 5.65. The van der Waals surface area contributed by atoms with Crippen LogP contribution in [-0.2, 0) is 14.3 Å². The first-order chi connectivity index (χ1) is 13.5. The minimum absolute atomic E-state index is 0.0432. The third-order valence-electron chi connectivity index (χ3n) is 4.00. The molecule has 28 heavy (non-hydrogen) atoms. The van der Waals surface area contributed by atoms with Crippen LogP contribution in [-0.4, -0.2) is 31.5 Å². The molecule has 2 aromatic carbocycles. The summed E-state index contributed by atoms with van der Waals surface area (Å²) in [6, 6.07) is 12.9. The predicted molar refractivity (Wildman–Crippen MR) is 104 cm³/mol. The highest BCUT2D eigenvalue weighted by Gasteiger charge is 2.39. The molecule has 8 heteroatoms. The molecular formula is C20H17ClN2O5. The topological polar surface area (TPSA) is 84.9 Å². The number of methoxy groups -OCH3 is 1. The van der Waals surface area contributed by atoms with Crippen LogP contribution >= 0.6 is 11.6 Å². The molecule has 144 valence electrons. The molecule has 0 bridgehead atoms. The van der Waals surface area contributed by atoms with E-state index in [0.717, 1.165) is 4.90 Å². The van der Waals surface area contributed by atoms with Crippen molar-refractivity contribution < 1.29 is 23.9 Å². The quantitative estimate of drug-likeness (QED) is 0.591. The number of ether oxygens (including phenoxy) is 2. The zero-order chi connectivity index (χ0) is 20.3. The number of rotatable bonds is 6. The maximum atomic E-state index is 12.8. The number of carbonyl (C=O) groups excluding carboxylic acids is 3. The highest BCUT2D eigenvalue weighted by molar-refractivity contribution is 6.53. The van der Waals surface area contributed by atoms with E-state index in [9.17, 15) is 14.4 Å². The van der Waals surface area contributed by atoms with Crippen molar-refractivity contribution in [2.24, 2.45) is 0 Å². The number of anilines is 2. The van der Waals surface area contributed by atoms with Crippen LogP contribution in [0.15, 0.2) is 59.3 Å². The molecule has 0 radical (unpaired) electrons. The lowest BCUT2D eigenvalue weighted by Crippen LogP contribution is -2.32. The first kappa shape index (κ1) is 19.4. The summed E-state index contributed by atoms with van der Waals surface area (Å²) in [4.78, 5) is 38.2.